The van der Waals surface area contributed by atoms with Crippen molar-refractivity contribution < 1.29 is 56.7 Å². The maximum absolute atomic E-state index is 13.3. The van der Waals surface area contributed by atoms with Crippen LogP contribution in [0.3, 0.4) is 0 Å². The molecule has 10 atom stereocenters. The van der Waals surface area contributed by atoms with Crippen LogP contribution in [0.4, 0.5) is 11.6 Å². The van der Waals surface area contributed by atoms with Gasteiger partial charge in [0, 0.05) is 19.5 Å². The van der Waals surface area contributed by atoms with Gasteiger partial charge < -0.3 is 50.1 Å². The molecule has 0 saturated carbocycles. The molecule has 0 radical (unpaired) electrons. The van der Waals surface area contributed by atoms with Gasteiger partial charge in [0.1, 0.15) is 72.2 Å². The fourth-order valence-corrected chi connectivity index (χ4v) is 9.16. The molecule has 0 aromatic carbocycles. The first-order valence-electron chi connectivity index (χ1n) is 13.3. The van der Waals surface area contributed by atoms with Gasteiger partial charge in [-0.1, -0.05) is 0 Å². The van der Waals surface area contributed by atoms with Crippen molar-refractivity contribution >= 4 is 94.5 Å². The number of phosphoric acid groups is 2. The fraction of sp³-hybridized carbons (Fsp3) is 0.455. The van der Waals surface area contributed by atoms with Crippen LogP contribution in [0, 0.1) is 7.14 Å². The van der Waals surface area contributed by atoms with Crippen LogP contribution in [-0.4, -0.2) is 98.9 Å². The predicted molar refractivity (Wildman–Crippen MR) is 170 cm³/mol. The Morgan fingerprint density at radius 3 is 1.78 bits per heavy atom. The van der Waals surface area contributed by atoms with Crippen molar-refractivity contribution in [1.82, 2.24) is 29.1 Å². The average molecular weight is 908 g/mol. The Balaban J connectivity index is 1.21. The van der Waals surface area contributed by atoms with E-state index in [0.717, 1.165) is 0 Å². The van der Waals surface area contributed by atoms with Gasteiger partial charge in [0.05, 0.1) is 24.0 Å². The van der Waals surface area contributed by atoms with Crippen LogP contribution >= 0.6 is 60.8 Å². The van der Waals surface area contributed by atoms with Crippen LogP contribution in [0.2, 0.25) is 0 Å². The van der Waals surface area contributed by atoms with Gasteiger partial charge in [-0.15, -0.1) is 0 Å². The number of hydrogen-bond donors (Lipinski definition) is 6. The minimum absolute atomic E-state index is 0.158. The van der Waals surface area contributed by atoms with Crippen molar-refractivity contribution in [3.05, 3.63) is 32.2 Å². The normalized spacial score (nSPS) is 37.2. The molecule has 2 unspecified atom stereocenters. The largest absolute Gasteiger partial charge is 0.472 e. The zero-order valence-electron chi connectivity index (χ0n) is 22.9. The quantitative estimate of drug-likeness (QED) is 0.120. The maximum atomic E-state index is 13.3. The Morgan fingerprint density at radius 2 is 1.22 bits per heavy atom. The lowest BCUT2D eigenvalue weighted by atomic mass is 10.1. The van der Waals surface area contributed by atoms with Crippen LogP contribution in [0.15, 0.2) is 25.0 Å². The molecule has 3 aliphatic rings. The minimum Gasteiger partial charge on any atom is -0.387 e. The first-order valence-corrected chi connectivity index (χ1v) is 18.4. The van der Waals surface area contributed by atoms with Gasteiger partial charge >= 0.3 is 15.6 Å². The molecule has 3 saturated heterocycles. The lowest BCUT2D eigenvalue weighted by Gasteiger charge is -2.26. The van der Waals surface area contributed by atoms with E-state index < -0.39 is 77.9 Å². The second-order valence-electron chi connectivity index (χ2n) is 10.5. The molecule has 46 heavy (non-hydrogen) atoms. The lowest BCUT2D eigenvalue weighted by molar-refractivity contribution is -0.0670. The fourth-order valence-electron chi connectivity index (χ4n) is 5.62. The van der Waals surface area contributed by atoms with Crippen molar-refractivity contribution in [2.24, 2.45) is 0 Å². The molecule has 2 bridgehead atoms. The number of aliphatic hydroxyl groups excluding tert-OH is 2. The SMILES string of the molecule is Nc1ncnc2c1c(I)cn2[C@@H]1O[C@@H]2COP(=O)(O)O[C@@H]3[C@H](O)[C@@H](COP(=O)(O)O[C@H]2[C@H]1O)O[C@H]3n1cc(I)c2c(N)ncnc21. The Hall–Kier alpha value is -1.64. The molecule has 3 aliphatic heterocycles. The Kier molecular flexibility index (Phi) is 8.61. The van der Waals surface area contributed by atoms with E-state index in [1.165, 1.54) is 21.8 Å². The van der Waals surface area contributed by atoms with Gasteiger partial charge in [0.15, 0.2) is 12.5 Å². The van der Waals surface area contributed by atoms with Crippen molar-refractivity contribution in [3.8, 4) is 0 Å². The summed E-state index contributed by atoms with van der Waals surface area (Å²) in [5.41, 5.74) is 12.6. The molecule has 248 valence electrons. The van der Waals surface area contributed by atoms with E-state index >= 15 is 0 Å². The molecule has 7 heterocycles. The summed E-state index contributed by atoms with van der Waals surface area (Å²) in [6.07, 6.45) is -6.35. The first-order chi connectivity index (χ1) is 21.7. The Bertz CT molecular complexity index is 1930. The molecule has 4 aromatic heterocycles. The third kappa shape index (κ3) is 5.74. The number of ether oxygens (including phenoxy) is 2. The number of anilines is 2. The standard InChI is InChI=1S/C22H24I2N8O12P2/c23-7-1-31(19-11(7)17(25)27-5-29-19)21-14(34)15-10(42-21)4-40-46(37,38)44-16-13(33)9(3-39-45(35,36)43-15)41-22(16)32-2-8(24)12-18(26)28-6-30-20(12)32/h1-2,5-6,9-10,13-16,21-22,33-34H,3-4H2,(H,35,36)(H,37,38)(H2,25,27,29)(H2,26,28,30)/t9-,10-,13-,14-,15-,16-,21-,22-/m1/s1. The molecule has 0 amide bonds. The summed E-state index contributed by atoms with van der Waals surface area (Å²) in [6.45, 7) is -1.50. The van der Waals surface area contributed by atoms with Crippen molar-refractivity contribution in [3.63, 3.8) is 0 Å². The highest BCUT2D eigenvalue weighted by Crippen LogP contribution is 2.54. The number of rotatable bonds is 2. The molecule has 20 nitrogen and oxygen atoms in total. The molecule has 24 heteroatoms. The average Bonchev–Trinajstić information content (AvgIpc) is 3.69. The van der Waals surface area contributed by atoms with Crippen molar-refractivity contribution in [2.75, 3.05) is 24.7 Å². The van der Waals surface area contributed by atoms with E-state index in [1.807, 2.05) is 45.2 Å². The number of phosphoric ester groups is 2. The molecular formula is C22H24I2N8O12P2. The summed E-state index contributed by atoms with van der Waals surface area (Å²) in [6, 6.07) is 0. The second kappa shape index (κ2) is 12.0. The highest BCUT2D eigenvalue weighted by atomic mass is 127. The lowest BCUT2D eigenvalue weighted by Crippen LogP contribution is -2.36. The number of halogens is 2. The number of aromatic nitrogens is 6. The van der Waals surface area contributed by atoms with Crippen LogP contribution in [0.5, 0.6) is 0 Å². The zero-order chi connectivity index (χ0) is 32.7. The summed E-state index contributed by atoms with van der Waals surface area (Å²) >= 11 is 3.99. The van der Waals surface area contributed by atoms with E-state index in [2.05, 4.69) is 19.9 Å². The molecule has 7 rings (SSSR count). The monoisotopic (exact) mass is 908 g/mol. The molecule has 8 N–H and O–H groups in total. The molecule has 0 spiro atoms. The summed E-state index contributed by atoms with van der Waals surface area (Å²) in [5.74, 6) is 0.330. The molecule has 4 aromatic rings. The number of hydrogen-bond acceptors (Lipinski definition) is 16. The third-order valence-electron chi connectivity index (χ3n) is 7.67. The predicted octanol–water partition coefficient (Wildman–Crippen LogP) is 0.784. The number of nitrogens with two attached hydrogens (primary N) is 2. The Morgan fingerprint density at radius 1 is 0.739 bits per heavy atom. The summed E-state index contributed by atoms with van der Waals surface area (Å²) in [7, 11) is -10.1. The first kappa shape index (κ1) is 32.9. The number of aliphatic hydroxyl groups is 2. The highest BCUT2D eigenvalue weighted by molar-refractivity contribution is 14.1. The summed E-state index contributed by atoms with van der Waals surface area (Å²) in [5, 5.41) is 23.3. The molecule has 0 aliphatic carbocycles. The van der Waals surface area contributed by atoms with Crippen LogP contribution in [0.25, 0.3) is 22.1 Å². The van der Waals surface area contributed by atoms with Crippen LogP contribution in [-0.2, 0) is 36.7 Å². The number of fused-ring (bicyclic) bond motifs is 5. The second-order valence-corrected chi connectivity index (χ2v) is 15.6. The van der Waals surface area contributed by atoms with E-state index in [1.54, 1.807) is 12.4 Å². The van der Waals surface area contributed by atoms with E-state index in [0.29, 0.717) is 17.9 Å². The van der Waals surface area contributed by atoms with Crippen LogP contribution in [0.1, 0.15) is 12.5 Å². The molecular weight excluding hydrogens is 884 g/mol. The molecule has 3 fully saturated rings. The van der Waals surface area contributed by atoms with Gasteiger partial charge in [-0.25, -0.2) is 29.1 Å². The van der Waals surface area contributed by atoms with Crippen molar-refractivity contribution in [1.29, 1.82) is 0 Å². The van der Waals surface area contributed by atoms with E-state index in [4.69, 9.17) is 39.0 Å². The van der Waals surface area contributed by atoms with Gasteiger partial charge in [-0.05, 0) is 45.2 Å². The third-order valence-corrected chi connectivity index (χ3v) is 11.3. The smallest absolute Gasteiger partial charge is 0.387 e. The number of nitrogens with zero attached hydrogens (tertiary/aromatic N) is 6. The zero-order valence-corrected chi connectivity index (χ0v) is 29.0. The summed E-state index contributed by atoms with van der Waals surface area (Å²) in [4.78, 5) is 37.9. The topological polar surface area (TPSA) is 284 Å². The van der Waals surface area contributed by atoms with Gasteiger partial charge in [0.2, 0.25) is 0 Å². The van der Waals surface area contributed by atoms with Crippen molar-refractivity contribution in [2.45, 2.75) is 49.1 Å². The van der Waals surface area contributed by atoms with Gasteiger partial charge in [0.25, 0.3) is 0 Å². The van der Waals surface area contributed by atoms with E-state index in [-0.39, 0.29) is 22.9 Å². The highest BCUT2D eigenvalue weighted by Gasteiger charge is 2.54. The van der Waals surface area contributed by atoms with Gasteiger partial charge in [-0.2, -0.15) is 0 Å². The van der Waals surface area contributed by atoms with Gasteiger partial charge in [-0.3, -0.25) is 18.1 Å². The van der Waals surface area contributed by atoms with E-state index in [9.17, 15) is 29.1 Å². The van der Waals surface area contributed by atoms with Crippen LogP contribution < -0.4 is 11.5 Å². The number of nitrogen functional groups attached to an aromatic ring is 2. The Labute approximate surface area is 284 Å². The maximum Gasteiger partial charge on any atom is 0.472 e. The minimum atomic E-state index is -5.04. The summed E-state index contributed by atoms with van der Waals surface area (Å²) < 4.78 is 63.7.